The number of nitro benzene ring substituents is 1. The third-order valence-electron chi connectivity index (χ3n) is 6.14. The highest BCUT2D eigenvalue weighted by atomic mass is 16.6. The molecule has 34 heavy (non-hydrogen) atoms. The zero-order chi connectivity index (χ0) is 24.0. The zero-order valence-corrected chi connectivity index (χ0v) is 17.9. The molecular weight excluding hydrogens is 444 g/mol. The molecule has 0 radical (unpaired) electrons. The molecule has 0 bridgehead atoms. The van der Waals surface area contributed by atoms with Crippen molar-refractivity contribution in [2.45, 2.75) is 6.54 Å². The first-order valence-corrected chi connectivity index (χ1v) is 10.6. The summed E-state index contributed by atoms with van der Waals surface area (Å²) >= 11 is 0. The number of nitrogens with zero attached hydrogens (tertiary/aromatic N) is 3. The Morgan fingerprint density at radius 3 is 2.68 bits per heavy atom. The number of piperazine rings is 1. The van der Waals surface area contributed by atoms with E-state index in [1.165, 1.54) is 29.2 Å². The van der Waals surface area contributed by atoms with Crippen LogP contribution in [0.5, 0.6) is 11.5 Å². The topological polar surface area (TPSA) is 149 Å². The molecule has 2 aromatic carbocycles. The van der Waals surface area contributed by atoms with Crippen molar-refractivity contribution < 1.29 is 29.5 Å². The number of hydrogen-bond acceptors (Lipinski definition) is 7. The van der Waals surface area contributed by atoms with Crippen LogP contribution in [0.4, 0.5) is 10.5 Å². The van der Waals surface area contributed by atoms with E-state index in [-0.39, 0.29) is 28.7 Å². The second kappa shape index (κ2) is 8.19. The highest BCUT2D eigenvalue weighted by Crippen LogP contribution is 2.40. The monoisotopic (exact) mass is 464 g/mol. The summed E-state index contributed by atoms with van der Waals surface area (Å²) in [5.74, 6) is 0.0280. The number of rotatable bonds is 4. The van der Waals surface area contributed by atoms with Gasteiger partial charge in [-0.05, 0) is 24.3 Å². The summed E-state index contributed by atoms with van der Waals surface area (Å²) < 4.78 is 5.91. The maximum atomic E-state index is 13.0. The molecule has 3 N–H and O–H groups in total. The molecule has 0 spiro atoms. The van der Waals surface area contributed by atoms with Crippen LogP contribution in [-0.4, -0.2) is 68.0 Å². The molecular formula is C23H20N4O7. The number of nitrogens with one attached hydrogen (secondary N) is 1. The van der Waals surface area contributed by atoms with Crippen molar-refractivity contribution in [2.75, 3.05) is 26.2 Å². The molecule has 174 valence electrons. The lowest BCUT2D eigenvalue weighted by atomic mass is 10.0. The Bertz CT molecular complexity index is 1370. The fourth-order valence-electron chi connectivity index (χ4n) is 4.28. The summed E-state index contributed by atoms with van der Waals surface area (Å²) in [5.41, 5.74) is 1.95. The molecule has 0 aliphatic carbocycles. The van der Waals surface area contributed by atoms with Gasteiger partial charge in [-0.1, -0.05) is 0 Å². The van der Waals surface area contributed by atoms with Crippen molar-refractivity contribution in [3.63, 3.8) is 0 Å². The van der Waals surface area contributed by atoms with Crippen LogP contribution in [0.2, 0.25) is 0 Å². The Morgan fingerprint density at radius 2 is 1.97 bits per heavy atom. The third-order valence-corrected chi connectivity index (χ3v) is 6.14. The number of phenolic OH excluding ortho intramolecular Hbond substituents is 1. The molecule has 5 rings (SSSR count). The number of hydrogen-bond donors (Lipinski definition) is 3. The number of fused-ring (bicyclic) bond motifs is 2. The van der Waals surface area contributed by atoms with Gasteiger partial charge in [0.25, 0.3) is 5.69 Å². The number of H-pyrrole nitrogens is 1. The predicted octanol–water partition coefficient (Wildman–Crippen LogP) is 3.19. The number of ether oxygens (including phenoxy) is 1. The van der Waals surface area contributed by atoms with Crippen molar-refractivity contribution >= 4 is 34.5 Å². The number of nitro groups is 1. The van der Waals surface area contributed by atoms with Crippen LogP contribution in [-0.2, 0) is 6.54 Å². The number of Topliss-reactive ketones (excluding diaryl/α,β-unsaturated/α-hetero) is 1. The highest BCUT2D eigenvalue weighted by Gasteiger charge is 2.32. The summed E-state index contributed by atoms with van der Waals surface area (Å²) in [7, 11) is 0. The van der Waals surface area contributed by atoms with Gasteiger partial charge in [0.15, 0.2) is 5.76 Å². The van der Waals surface area contributed by atoms with E-state index in [0.717, 1.165) is 0 Å². The summed E-state index contributed by atoms with van der Waals surface area (Å²) in [6.07, 6.45) is 2.25. The van der Waals surface area contributed by atoms with Crippen molar-refractivity contribution in [3.05, 3.63) is 69.1 Å². The van der Waals surface area contributed by atoms with Crippen molar-refractivity contribution in [1.82, 2.24) is 14.8 Å². The molecule has 1 fully saturated rings. The number of phenols is 1. The van der Waals surface area contributed by atoms with Gasteiger partial charge in [-0.2, -0.15) is 0 Å². The number of carbonyl (C=O) groups excluding carboxylic acids is 1. The molecule has 11 heteroatoms. The number of non-ortho nitro benzene ring substituents is 1. The first kappa shape index (κ1) is 21.5. The van der Waals surface area contributed by atoms with Crippen molar-refractivity contribution in [3.8, 4) is 11.5 Å². The molecule has 0 atom stereocenters. The van der Waals surface area contributed by atoms with E-state index in [4.69, 9.17) is 9.84 Å². The second-order valence-electron chi connectivity index (χ2n) is 8.16. The van der Waals surface area contributed by atoms with Crippen LogP contribution < -0.4 is 4.74 Å². The second-order valence-corrected chi connectivity index (χ2v) is 8.16. The number of ketones is 1. The number of allylic oxidation sites excluding steroid dienone is 1. The molecule has 2 aliphatic heterocycles. The number of amides is 1. The Morgan fingerprint density at radius 1 is 1.21 bits per heavy atom. The fourth-order valence-corrected chi connectivity index (χ4v) is 4.28. The maximum absolute atomic E-state index is 13.0. The summed E-state index contributed by atoms with van der Waals surface area (Å²) in [4.78, 5) is 41.0. The first-order valence-electron chi connectivity index (χ1n) is 10.6. The van der Waals surface area contributed by atoms with E-state index in [1.54, 1.807) is 18.3 Å². The predicted molar refractivity (Wildman–Crippen MR) is 121 cm³/mol. The van der Waals surface area contributed by atoms with Gasteiger partial charge in [0.1, 0.15) is 11.5 Å². The molecule has 2 aliphatic rings. The Balaban J connectivity index is 1.42. The molecule has 3 heterocycles. The maximum Gasteiger partial charge on any atom is 0.407 e. The van der Waals surface area contributed by atoms with Gasteiger partial charge >= 0.3 is 6.09 Å². The lowest BCUT2D eigenvalue weighted by molar-refractivity contribution is -0.384. The molecule has 1 aromatic heterocycles. The van der Waals surface area contributed by atoms with Gasteiger partial charge < -0.3 is 24.8 Å². The highest BCUT2D eigenvalue weighted by molar-refractivity contribution is 6.15. The number of aromatic nitrogens is 1. The number of aromatic amines is 1. The van der Waals surface area contributed by atoms with Gasteiger partial charge in [0.05, 0.1) is 21.6 Å². The number of carbonyl (C=O) groups is 2. The average Bonchev–Trinajstić information content (AvgIpc) is 3.36. The minimum atomic E-state index is -0.960. The van der Waals surface area contributed by atoms with Crippen LogP contribution in [0, 0.1) is 10.1 Å². The lowest BCUT2D eigenvalue weighted by Crippen LogP contribution is -2.47. The van der Waals surface area contributed by atoms with Crippen LogP contribution >= 0.6 is 0 Å². The molecule has 11 nitrogen and oxygen atoms in total. The summed E-state index contributed by atoms with van der Waals surface area (Å²) in [6, 6.07) is 7.39. The van der Waals surface area contributed by atoms with Gasteiger partial charge in [-0.25, -0.2) is 4.79 Å². The molecule has 0 saturated carbocycles. The molecule has 1 saturated heterocycles. The van der Waals surface area contributed by atoms with Gasteiger partial charge in [0.2, 0.25) is 5.78 Å². The van der Waals surface area contributed by atoms with Gasteiger partial charge in [0, 0.05) is 62.0 Å². The fraction of sp³-hybridized carbons (Fsp3) is 0.217. The van der Waals surface area contributed by atoms with E-state index >= 15 is 0 Å². The van der Waals surface area contributed by atoms with E-state index in [1.807, 2.05) is 4.90 Å². The van der Waals surface area contributed by atoms with E-state index < -0.39 is 11.0 Å². The molecule has 1 amide bonds. The normalized spacial score (nSPS) is 17.2. The van der Waals surface area contributed by atoms with Crippen LogP contribution in [0.15, 0.2) is 42.3 Å². The summed E-state index contributed by atoms with van der Waals surface area (Å²) in [5, 5.41) is 31.3. The van der Waals surface area contributed by atoms with Crippen LogP contribution in [0.1, 0.15) is 21.5 Å². The Labute approximate surface area is 192 Å². The molecule has 0 unspecified atom stereocenters. The third kappa shape index (κ3) is 3.71. The van der Waals surface area contributed by atoms with Crippen molar-refractivity contribution in [2.24, 2.45) is 0 Å². The van der Waals surface area contributed by atoms with E-state index in [2.05, 4.69) is 4.98 Å². The Kier molecular flexibility index (Phi) is 5.17. The van der Waals surface area contributed by atoms with Gasteiger partial charge in [-0.15, -0.1) is 0 Å². The first-order chi connectivity index (χ1) is 16.3. The van der Waals surface area contributed by atoms with E-state index in [0.29, 0.717) is 60.3 Å². The quantitative estimate of drug-likeness (QED) is 0.303. The Hall–Kier alpha value is -4.38. The zero-order valence-electron chi connectivity index (χ0n) is 17.9. The smallest absolute Gasteiger partial charge is 0.407 e. The van der Waals surface area contributed by atoms with Crippen LogP contribution in [0.25, 0.3) is 17.0 Å². The SMILES string of the molecule is O=C1/C(=C/c2c[nH]c3cc([N+](=O)[O-])ccc23)Oc2c1ccc(O)c2CN1CCN(C(=O)O)CC1. The van der Waals surface area contributed by atoms with Crippen molar-refractivity contribution in [1.29, 1.82) is 0 Å². The average molecular weight is 464 g/mol. The molecule has 3 aromatic rings. The number of carboxylic acid groups (broad SMARTS) is 1. The van der Waals surface area contributed by atoms with Crippen LogP contribution in [0.3, 0.4) is 0 Å². The number of aromatic hydroxyl groups is 1. The minimum absolute atomic E-state index is 0.00660. The van der Waals surface area contributed by atoms with E-state index in [9.17, 15) is 24.8 Å². The standard InChI is InChI=1S/C23H20N4O7/c28-19-4-3-16-21(29)20(9-13-11-24-18-10-14(27(32)33)1-2-15(13)18)34-22(16)17(19)12-25-5-7-26(8-6-25)23(30)31/h1-4,9-11,24,28H,5-8,12H2,(H,30,31)/b20-9-. The largest absolute Gasteiger partial charge is 0.507 e. The van der Waals surface area contributed by atoms with Gasteiger partial charge in [-0.3, -0.25) is 19.8 Å². The summed E-state index contributed by atoms with van der Waals surface area (Å²) in [6.45, 7) is 2.00. The minimum Gasteiger partial charge on any atom is -0.507 e. The lowest BCUT2D eigenvalue weighted by Gasteiger charge is -2.33. The number of benzene rings is 2.